The second kappa shape index (κ2) is 8.89. The van der Waals surface area contributed by atoms with E-state index in [2.05, 4.69) is 20.4 Å². The maximum atomic E-state index is 13.1. The SMILES string of the molecule is Cc1cc(C(F)(F)F)cc(Cl)c1-n1nc(C#N)c(SCF)c1NCc1cnccn1. The second-order valence-electron chi connectivity index (χ2n) is 5.98. The Morgan fingerprint density at radius 1 is 1.30 bits per heavy atom. The highest BCUT2D eigenvalue weighted by molar-refractivity contribution is 7.99. The van der Waals surface area contributed by atoms with Crippen LogP contribution in [0.4, 0.5) is 23.4 Å². The zero-order chi connectivity index (χ0) is 21.9. The molecule has 12 heteroatoms. The van der Waals surface area contributed by atoms with Crippen molar-refractivity contribution in [2.24, 2.45) is 0 Å². The number of benzene rings is 1. The molecule has 3 rings (SSSR count). The minimum atomic E-state index is -4.57. The molecule has 2 heterocycles. The van der Waals surface area contributed by atoms with Crippen molar-refractivity contribution in [1.82, 2.24) is 19.7 Å². The number of halogens is 5. The predicted molar refractivity (Wildman–Crippen MR) is 104 cm³/mol. The average molecular weight is 457 g/mol. The third kappa shape index (κ3) is 4.49. The van der Waals surface area contributed by atoms with Gasteiger partial charge < -0.3 is 5.32 Å². The van der Waals surface area contributed by atoms with Gasteiger partial charge in [-0.05, 0) is 24.6 Å². The van der Waals surface area contributed by atoms with Gasteiger partial charge in [-0.1, -0.05) is 23.4 Å². The predicted octanol–water partition coefficient (Wildman–Crippen LogP) is 5.15. The van der Waals surface area contributed by atoms with Gasteiger partial charge >= 0.3 is 6.18 Å². The first-order chi connectivity index (χ1) is 14.3. The van der Waals surface area contributed by atoms with Gasteiger partial charge in [-0.2, -0.15) is 23.5 Å². The van der Waals surface area contributed by atoms with E-state index in [-0.39, 0.29) is 39.2 Å². The molecule has 6 nitrogen and oxygen atoms in total. The maximum absolute atomic E-state index is 13.1. The number of hydrogen-bond donors (Lipinski definition) is 1. The van der Waals surface area contributed by atoms with Crippen LogP contribution in [-0.4, -0.2) is 25.8 Å². The summed E-state index contributed by atoms with van der Waals surface area (Å²) >= 11 is 6.90. The van der Waals surface area contributed by atoms with Crippen LogP contribution in [0.25, 0.3) is 5.69 Å². The topological polar surface area (TPSA) is 79.4 Å². The Kier molecular flexibility index (Phi) is 6.48. The lowest BCUT2D eigenvalue weighted by Gasteiger charge is -2.16. The number of nitriles is 1. The van der Waals surface area contributed by atoms with E-state index in [4.69, 9.17) is 11.6 Å². The van der Waals surface area contributed by atoms with Crippen LogP contribution in [0.3, 0.4) is 0 Å². The number of alkyl halides is 4. The molecule has 2 aromatic heterocycles. The smallest absolute Gasteiger partial charge is 0.363 e. The van der Waals surface area contributed by atoms with Crippen LogP contribution in [0.5, 0.6) is 0 Å². The van der Waals surface area contributed by atoms with Crippen LogP contribution in [0.1, 0.15) is 22.5 Å². The molecule has 0 saturated heterocycles. The van der Waals surface area contributed by atoms with Crippen LogP contribution >= 0.6 is 23.4 Å². The summed E-state index contributed by atoms with van der Waals surface area (Å²) in [5.41, 5.74) is -0.117. The molecule has 3 aromatic rings. The van der Waals surface area contributed by atoms with Crippen molar-refractivity contribution in [2.45, 2.75) is 24.5 Å². The summed E-state index contributed by atoms with van der Waals surface area (Å²) in [6, 6.07) is 2.76. The summed E-state index contributed by atoms with van der Waals surface area (Å²) in [5, 5.41) is 16.4. The van der Waals surface area contributed by atoms with Crippen molar-refractivity contribution in [3.8, 4) is 11.8 Å². The Balaban J connectivity index is 2.13. The van der Waals surface area contributed by atoms with Gasteiger partial charge in [0.1, 0.15) is 17.9 Å². The molecule has 156 valence electrons. The fourth-order valence-corrected chi connectivity index (χ4v) is 3.72. The average Bonchev–Trinajstić information content (AvgIpc) is 3.03. The number of aryl methyl sites for hydroxylation is 1. The van der Waals surface area contributed by atoms with Crippen LogP contribution < -0.4 is 5.32 Å². The van der Waals surface area contributed by atoms with Crippen molar-refractivity contribution in [2.75, 3.05) is 11.3 Å². The molecule has 0 spiro atoms. The quantitative estimate of drug-likeness (QED) is 0.408. The first-order valence-electron chi connectivity index (χ1n) is 8.34. The van der Waals surface area contributed by atoms with E-state index < -0.39 is 17.7 Å². The zero-order valence-corrected chi connectivity index (χ0v) is 16.9. The monoisotopic (exact) mass is 456 g/mol. The summed E-state index contributed by atoms with van der Waals surface area (Å²) < 4.78 is 53.6. The van der Waals surface area contributed by atoms with Crippen LogP contribution in [-0.2, 0) is 12.7 Å². The van der Waals surface area contributed by atoms with Crippen LogP contribution in [0.15, 0.2) is 35.6 Å². The second-order valence-corrected chi connectivity index (χ2v) is 7.30. The van der Waals surface area contributed by atoms with Gasteiger partial charge in [0.2, 0.25) is 0 Å². The van der Waals surface area contributed by atoms with E-state index in [1.807, 2.05) is 6.07 Å². The summed E-state index contributed by atoms with van der Waals surface area (Å²) in [6.45, 7) is 1.60. The van der Waals surface area contributed by atoms with Crippen molar-refractivity contribution in [3.63, 3.8) is 0 Å². The number of hydrogen-bond acceptors (Lipinski definition) is 6. The van der Waals surface area contributed by atoms with E-state index in [1.54, 1.807) is 0 Å². The van der Waals surface area contributed by atoms with Crippen LogP contribution in [0, 0.1) is 18.3 Å². The van der Waals surface area contributed by atoms with Crippen molar-refractivity contribution < 1.29 is 17.6 Å². The fourth-order valence-electron chi connectivity index (χ4n) is 2.75. The van der Waals surface area contributed by atoms with Crippen molar-refractivity contribution in [3.05, 3.63) is 58.3 Å². The third-order valence-corrected chi connectivity index (χ3v) is 5.07. The summed E-state index contributed by atoms with van der Waals surface area (Å²) in [5.74, 6) is 0.213. The molecule has 0 aliphatic heterocycles. The molecule has 1 N–H and O–H groups in total. The standard InChI is InChI=1S/C18H13ClF4N6S/c1-10-4-11(18(21,22)23)5-13(19)15(10)29-17(16(30-9-20)14(6-24)28-29)27-8-12-7-25-2-3-26-12/h2-5,7,27H,8-9H2,1H3. The summed E-state index contributed by atoms with van der Waals surface area (Å²) in [4.78, 5) is 8.28. The normalized spacial score (nSPS) is 11.4. The molecular formula is C18H13ClF4N6S. The molecular weight excluding hydrogens is 444 g/mol. The highest BCUT2D eigenvalue weighted by atomic mass is 35.5. The van der Waals surface area contributed by atoms with Gasteiger partial charge in [0.05, 0.1) is 39.6 Å². The Bertz CT molecular complexity index is 1070. The van der Waals surface area contributed by atoms with Crippen LogP contribution in [0.2, 0.25) is 5.02 Å². The third-order valence-electron chi connectivity index (χ3n) is 3.99. The Morgan fingerprint density at radius 2 is 2.07 bits per heavy atom. The molecule has 0 unspecified atom stereocenters. The molecule has 0 aliphatic carbocycles. The van der Waals surface area contributed by atoms with E-state index in [0.717, 1.165) is 23.9 Å². The van der Waals surface area contributed by atoms with Gasteiger partial charge in [0.15, 0.2) is 5.69 Å². The lowest BCUT2D eigenvalue weighted by Crippen LogP contribution is -2.11. The fraction of sp³-hybridized carbons (Fsp3) is 0.222. The summed E-state index contributed by atoms with van der Waals surface area (Å²) in [6.07, 6.45) is -0.0746. The summed E-state index contributed by atoms with van der Waals surface area (Å²) in [7, 11) is 0. The first-order valence-corrected chi connectivity index (χ1v) is 9.71. The number of nitrogens with one attached hydrogen (secondary N) is 1. The zero-order valence-electron chi connectivity index (χ0n) is 15.3. The van der Waals surface area contributed by atoms with Crippen molar-refractivity contribution in [1.29, 1.82) is 5.26 Å². The molecule has 0 aliphatic rings. The van der Waals surface area contributed by atoms with Gasteiger partial charge in [0, 0.05) is 12.4 Å². The number of thioether (sulfide) groups is 1. The molecule has 0 atom stereocenters. The molecule has 0 fully saturated rings. The lowest BCUT2D eigenvalue weighted by molar-refractivity contribution is -0.137. The van der Waals surface area contributed by atoms with Gasteiger partial charge in [-0.3, -0.25) is 9.97 Å². The van der Waals surface area contributed by atoms with Gasteiger partial charge in [-0.25, -0.2) is 9.07 Å². The molecule has 0 bridgehead atoms. The number of rotatable bonds is 6. The maximum Gasteiger partial charge on any atom is 0.416 e. The molecule has 0 amide bonds. The van der Waals surface area contributed by atoms with Gasteiger partial charge in [-0.15, -0.1) is 0 Å². The minimum Gasteiger partial charge on any atom is -0.363 e. The highest BCUT2D eigenvalue weighted by Crippen LogP contribution is 2.39. The van der Waals surface area contributed by atoms with E-state index in [9.17, 15) is 22.8 Å². The number of aromatic nitrogens is 4. The molecule has 30 heavy (non-hydrogen) atoms. The Morgan fingerprint density at radius 3 is 2.63 bits per heavy atom. The minimum absolute atomic E-state index is 0.0883. The van der Waals surface area contributed by atoms with Crippen molar-refractivity contribution >= 4 is 29.2 Å². The highest BCUT2D eigenvalue weighted by Gasteiger charge is 2.32. The largest absolute Gasteiger partial charge is 0.416 e. The molecule has 1 aromatic carbocycles. The van der Waals surface area contributed by atoms with Gasteiger partial charge in [0.25, 0.3) is 0 Å². The van der Waals surface area contributed by atoms with E-state index in [0.29, 0.717) is 5.69 Å². The Hall–Kier alpha value is -2.84. The van der Waals surface area contributed by atoms with E-state index in [1.165, 1.54) is 30.2 Å². The number of anilines is 1. The number of nitrogens with zero attached hydrogens (tertiary/aromatic N) is 5. The molecule has 0 saturated carbocycles. The van der Waals surface area contributed by atoms with E-state index >= 15 is 0 Å². The molecule has 0 radical (unpaired) electrons. The first kappa shape index (κ1) is 21.9. The Labute approximate surface area is 177 Å². The lowest BCUT2D eigenvalue weighted by atomic mass is 10.1.